The molecule has 128 valence electrons. The number of hydrogen-bond acceptors (Lipinski definition) is 6. The Hall–Kier alpha value is -2.55. The molecule has 0 saturated heterocycles. The van der Waals surface area contributed by atoms with E-state index in [0.717, 1.165) is 17.5 Å². The standard InChI is InChI=1S/C15H18N4O4S/c1-3-4-10-19-13(20)8-7-12(17-19)14(21)18-24(22,23)15-11(2)6-5-9-16-15/h5-9H,3-4,10H2,1-2H3,(H,18,21). The number of pyridine rings is 1. The lowest BCUT2D eigenvalue weighted by molar-refractivity contribution is 0.0974. The number of rotatable bonds is 6. The monoisotopic (exact) mass is 350 g/mol. The van der Waals surface area contributed by atoms with Crippen LogP contribution in [-0.4, -0.2) is 29.1 Å². The molecule has 2 rings (SSSR count). The first-order valence-corrected chi connectivity index (χ1v) is 8.90. The lowest BCUT2D eigenvalue weighted by atomic mass is 10.3. The van der Waals surface area contributed by atoms with Crippen LogP contribution in [0.15, 0.2) is 40.3 Å². The van der Waals surface area contributed by atoms with E-state index in [9.17, 15) is 18.0 Å². The molecule has 0 unspecified atom stereocenters. The molecule has 0 spiro atoms. The SMILES string of the molecule is CCCCn1nc(C(=O)NS(=O)(=O)c2ncccc2C)ccc1=O. The second kappa shape index (κ2) is 7.35. The fourth-order valence-electron chi connectivity index (χ4n) is 2.01. The van der Waals surface area contributed by atoms with Crippen LogP contribution in [0, 0.1) is 6.92 Å². The summed E-state index contributed by atoms with van der Waals surface area (Å²) < 4.78 is 27.6. The lowest BCUT2D eigenvalue weighted by Gasteiger charge is -2.09. The summed E-state index contributed by atoms with van der Waals surface area (Å²) in [5.41, 5.74) is -0.0787. The summed E-state index contributed by atoms with van der Waals surface area (Å²) in [5.74, 6) is -0.912. The molecule has 2 aromatic rings. The van der Waals surface area contributed by atoms with Gasteiger partial charge in [0.05, 0.1) is 0 Å². The van der Waals surface area contributed by atoms with Crippen LogP contribution in [0.5, 0.6) is 0 Å². The molecule has 2 heterocycles. The Balaban J connectivity index is 2.27. The van der Waals surface area contributed by atoms with Gasteiger partial charge in [-0.15, -0.1) is 0 Å². The molecule has 0 aromatic carbocycles. The van der Waals surface area contributed by atoms with E-state index in [1.807, 2.05) is 11.6 Å². The van der Waals surface area contributed by atoms with Crippen LogP contribution in [0.25, 0.3) is 0 Å². The van der Waals surface area contributed by atoms with Gasteiger partial charge in [-0.3, -0.25) is 9.59 Å². The third-order valence-corrected chi connectivity index (χ3v) is 4.66. The van der Waals surface area contributed by atoms with Crippen LogP contribution in [0.4, 0.5) is 0 Å². The summed E-state index contributed by atoms with van der Waals surface area (Å²) in [5, 5.41) is 3.69. The third kappa shape index (κ3) is 4.05. The van der Waals surface area contributed by atoms with Crippen molar-refractivity contribution in [3.8, 4) is 0 Å². The Kier molecular flexibility index (Phi) is 5.45. The molecule has 0 fully saturated rings. The number of nitrogens with one attached hydrogen (secondary N) is 1. The van der Waals surface area contributed by atoms with Crippen molar-refractivity contribution >= 4 is 15.9 Å². The molecule has 0 saturated carbocycles. The van der Waals surface area contributed by atoms with E-state index >= 15 is 0 Å². The molecule has 0 bridgehead atoms. The fraction of sp³-hybridized carbons (Fsp3) is 0.333. The maximum atomic E-state index is 12.3. The Morgan fingerprint density at radius 3 is 2.71 bits per heavy atom. The van der Waals surface area contributed by atoms with Crippen molar-refractivity contribution in [3.05, 3.63) is 52.1 Å². The molecule has 0 aliphatic heterocycles. The van der Waals surface area contributed by atoms with Crippen molar-refractivity contribution in [1.29, 1.82) is 0 Å². The maximum Gasteiger partial charge on any atom is 0.285 e. The summed E-state index contributed by atoms with van der Waals surface area (Å²) >= 11 is 0. The molecule has 0 aliphatic rings. The number of aromatic nitrogens is 3. The molecular formula is C15H18N4O4S. The first-order chi connectivity index (χ1) is 11.3. The number of nitrogens with zero attached hydrogens (tertiary/aromatic N) is 3. The van der Waals surface area contributed by atoms with Gasteiger partial charge in [0.1, 0.15) is 5.69 Å². The average Bonchev–Trinajstić information content (AvgIpc) is 2.53. The summed E-state index contributed by atoms with van der Waals surface area (Å²) in [6, 6.07) is 5.56. The van der Waals surface area contributed by atoms with Crippen molar-refractivity contribution < 1.29 is 13.2 Å². The Morgan fingerprint density at radius 2 is 2.04 bits per heavy atom. The highest BCUT2D eigenvalue weighted by Crippen LogP contribution is 2.10. The first-order valence-electron chi connectivity index (χ1n) is 7.42. The molecule has 8 nitrogen and oxygen atoms in total. The Bertz CT molecular complexity index is 906. The van der Waals surface area contributed by atoms with E-state index in [2.05, 4.69) is 10.1 Å². The van der Waals surface area contributed by atoms with E-state index in [4.69, 9.17) is 0 Å². The van der Waals surface area contributed by atoms with E-state index in [0.29, 0.717) is 12.1 Å². The third-order valence-electron chi connectivity index (χ3n) is 3.27. The molecule has 0 aliphatic carbocycles. The topological polar surface area (TPSA) is 111 Å². The summed E-state index contributed by atoms with van der Waals surface area (Å²) in [7, 11) is -4.12. The van der Waals surface area contributed by atoms with E-state index < -0.39 is 15.9 Å². The molecule has 1 N–H and O–H groups in total. The predicted molar refractivity (Wildman–Crippen MR) is 87.0 cm³/mol. The molecule has 0 radical (unpaired) electrons. The van der Waals surface area contributed by atoms with E-state index in [1.165, 1.54) is 18.3 Å². The molecule has 2 aromatic heterocycles. The van der Waals surface area contributed by atoms with Crippen LogP contribution < -0.4 is 10.3 Å². The van der Waals surface area contributed by atoms with Gasteiger partial charge in [-0.1, -0.05) is 19.4 Å². The zero-order chi connectivity index (χ0) is 17.7. The van der Waals surface area contributed by atoms with Crippen LogP contribution in [0.1, 0.15) is 35.8 Å². The fourth-order valence-corrected chi connectivity index (χ4v) is 3.15. The minimum atomic E-state index is -4.12. The highest BCUT2D eigenvalue weighted by molar-refractivity contribution is 7.90. The molecule has 1 amide bonds. The smallest absolute Gasteiger partial charge is 0.268 e. The van der Waals surface area contributed by atoms with Gasteiger partial charge >= 0.3 is 0 Å². The van der Waals surface area contributed by atoms with Gasteiger partial charge in [-0.05, 0) is 31.0 Å². The summed E-state index contributed by atoms with van der Waals surface area (Å²) in [6.07, 6.45) is 2.91. The van der Waals surface area contributed by atoms with Gasteiger partial charge in [0.15, 0.2) is 5.03 Å². The molecule has 0 atom stereocenters. The highest BCUT2D eigenvalue weighted by Gasteiger charge is 2.23. The first kappa shape index (κ1) is 17.8. The molecular weight excluding hydrogens is 332 g/mol. The van der Waals surface area contributed by atoms with Crippen molar-refractivity contribution in [2.75, 3.05) is 0 Å². The van der Waals surface area contributed by atoms with Crippen molar-refractivity contribution in [1.82, 2.24) is 19.5 Å². The van der Waals surface area contributed by atoms with Gasteiger partial charge in [-0.2, -0.15) is 13.5 Å². The number of hydrogen-bond donors (Lipinski definition) is 1. The number of sulfonamides is 1. The number of amides is 1. The van der Waals surface area contributed by atoms with Gasteiger partial charge in [-0.25, -0.2) is 14.4 Å². The zero-order valence-corrected chi connectivity index (χ0v) is 14.2. The molecule has 9 heteroatoms. The number of aryl methyl sites for hydroxylation is 2. The van der Waals surface area contributed by atoms with Crippen LogP contribution in [-0.2, 0) is 16.6 Å². The summed E-state index contributed by atoms with van der Waals surface area (Å²) in [4.78, 5) is 27.7. The minimum Gasteiger partial charge on any atom is -0.268 e. The largest absolute Gasteiger partial charge is 0.285 e. The second-order valence-electron chi connectivity index (χ2n) is 5.19. The van der Waals surface area contributed by atoms with Crippen LogP contribution >= 0.6 is 0 Å². The Labute approximate surface area is 139 Å². The quantitative estimate of drug-likeness (QED) is 0.827. The van der Waals surface area contributed by atoms with Crippen molar-refractivity contribution in [2.24, 2.45) is 0 Å². The molecule has 24 heavy (non-hydrogen) atoms. The number of carbonyl (C=O) groups is 1. The average molecular weight is 350 g/mol. The van der Waals surface area contributed by atoms with Gasteiger partial charge < -0.3 is 0 Å². The lowest BCUT2D eigenvalue weighted by Crippen LogP contribution is -2.34. The van der Waals surface area contributed by atoms with Gasteiger partial charge in [0, 0.05) is 18.8 Å². The Morgan fingerprint density at radius 1 is 1.29 bits per heavy atom. The zero-order valence-electron chi connectivity index (χ0n) is 13.4. The van der Waals surface area contributed by atoms with E-state index in [-0.39, 0.29) is 16.3 Å². The predicted octanol–water partition coefficient (Wildman–Crippen LogP) is 0.866. The number of carbonyl (C=O) groups excluding carboxylic acids is 1. The maximum absolute atomic E-state index is 12.3. The second-order valence-corrected chi connectivity index (χ2v) is 6.79. The van der Waals surface area contributed by atoms with Crippen molar-refractivity contribution in [3.63, 3.8) is 0 Å². The van der Waals surface area contributed by atoms with Crippen LogP contribution in [0.2, 0.25) is 0 Å². The van der Waals surface area contributed by atoms with E-state index in [1.54, 1.807) is 19.1 Å². The van der Waals surface area contributed by atoms with Crippen molar-refractivity contribution in [2.45, 2.75) is 38.3 Å². The van der Waals surface area contributed by atoms with Gasteiger partial charge in [0.2, 0.25) is 0 Å². The van der Waals surface area contributed by atoms with Crippen LogP contribution in [0.3, 0.4) is 0 Å². The van der Waals surface area contributed by atoms with Gasteiger partial charge in [0.25, 0.3) is 21.5 Å². The summed E-state index contributed by atoms with van der Waals surface area (Å²) in [6.45, 7) is 3.90. The highest BCUT2D eigenvalue weighted by atomic mass is 32.2. The number of unbranched alkanes of at least 4 members (excludes halogenated alkanes) is 1. The normalized spacial score (nSPS) is 11.2. The minimum absolute atomic E-state index is 0.150.